The summed E-state index contributed by atoms with van der Waals surface area (Å²) in [5, 5.41) is 7.56. The van der Waals surface area contributed by atoms with Gasteiger partial charge in [-0.1, -0.05) is 54.6 Å². The number of hydrogen-bond acceptors (Lipinski definition) is 3. The summed E-state index contributed by atoms with van der Waals surface area (Å²) in [6.45, 7) is 0.801. The molecule has 5 heteroatoms. The number of benzene rings is 2. The van der Waals surface area contributed by atoms with E-state index in [2.05, 4.69) is 34.7 Å². The predicted molar refractivity (Wildman–Crippen MR) is 90.3 cm³/mol. The molecule has 1 amide bonds. The highest BCUT2D eigenvalue weighted by Crippen LogP contribution is 2.33. The summed E-state index contributed by atoms with van der Waals surface area (Å²) >= 11 is 0. The van der Waals surface area contributed by atoms with Crippen molar-refractivity contribution in [3.05, 3.63) is 60.2 Å². The van der Waals surface area contributed by atoms with Crippen LogP contribution in [0, 0.1) is 0 Å². The third-order valence-electron chi connectivity index (χ3n) is 4.13. The molecule has 114 valence electrons. The summed E-state index contributed by atoms with van der Waals surface area (Å²) in [6, 6.07) is 17.9. The highest BCUT2D eigenvalue weighted by atomic mass is 16.2. The van der Waals surface area contributed by atoms with E-state index in [4.69, 9.17) is 5.73 Å². The lowest BCUT2D eigenvalue weighted by Gasteiger charge is -2.04. The number of anilines is 1. The maximum atomic E-state index is 11.5. The van der Waals surface area contributed by atoms with Crippen LogP contribution < -0.4 is 11.1 Å². The first-order valence-corrected chi connectivity index (χ1v) is 7.55. The van der Waals surface area contributed by atoms with Crippen molar-refractivity contribution in [1.82, 2.24) is 9.78 Å². The molecule has 3 aromatic rings. The fraction of sp³-hybridized carbons (Fsp3) is 0.111. The summed E-state index contributed by atoms with van der Waals surface area (Å²) in [4.78, 5) is 11.5. The van der Waals surface area contributed by atoms with Crippen molar-refractivity contribution in [3.63, 3.8) is 0 Å². The van der Waals surface area contributed by atoms with Gasteiger partial charge in [-0.25, -0.2) is 4.79 Å². The van der Waals surface area contributed by atoms with Crippen molar-refractivity contribution in [3.8, 4) is 22.4 Å². The van der Waals surface area contributed by atoms with Crippen LogP contribution in [0.1, 0.15) is 5.56 Å². The lowest BCUT2D eigenvalue weighted by molar-refractivity contribution is 0.248. The van der Waals surface area contributed by atoms with E-state index in [0.717, 1.165) is 41.2 Å². The Kier molecular flexibility index (Phi) is 3.12. The molecular formula is C18H16N4O. The highest BCUT2D eigenvalue weighted by molar-refractivity contribution is 5.83. The van der Waals surface area contributed by atoms with Crippen molar-refractivity contribution in [2.75, 3.05) is 11.9 Å². The van der Waals surface area contributed by atoms with Crippen LogP contribution in [0.5, 0.6) is 0 Å². The number of nitrogens with one attached hydrogen (secondary N) is 1. The molecule has 0 bridgehead atoms. The highest BCUT2D eigenvalue weighted by Gasteiger charge is 2.24. The summed E-state index contributed by atoms with van der Waals surface area (Å²) in [5.74, 6) is 0.722. The summed E-state index contributed by atoms with van der Waals surface area (Å²) in [6.07, 6.45) is 0.846. The summed E-state index contributed by atoms with van der Waals surface area (Å²) < 4.78 is 1.25. The minimum absolute atomic E-state index is 0.567. The molecule has 0 fully saturated rings. The molecule has 0 unspecified atom stereocenters. The smallest absolute Gasteiger partial charge is 0.341 e. The van der Waals surface area contributed by atoms with E-state index in [-0.39, 0.29) is 0 Å². The Balaban J connectivity index is 1.75. The van der Waals surface area contributed by atoms with Crippen LogP contribution in [-0.4, -0.2) is 22.4 Å². The third kappa shape index (κ3) is 2.26. The number of nitrogens with zero attached hydrogens (tertiary/aromatic N) is 2. The number of hydrogen-bond donors (Lipinski definition) is 2. The Hall–Kier alpha value is -3.08. The average molecular weight is 304 g/mol. The monoisotopic (exact) mass is 304 g/mol. The molecule has 5 nitrogen and oxygen atoms in total. The van der Waals surface area contributed by atoms with E-state index in [1.165, 1.54) is 10.2 Å². The number of fused-ring (bicyclic) bond motifs is 1. The molecule has 1 aromatic heterocycles. The zero-order chi connectivity index (χ0) is 15.8. The van der Waals surface area contributed by atoms with Gasteiger partial charge in [0.2, 0.25) is 0 Å². The number of aromatic nitrogens is 2. The molecule has 0 saturated heterocycles. The first-order chi connectivity index (χ1) is 11.2. The molecular weight excluding hydrogens is 288 g/mol. The first-order valence-electron chi connectivity index (χ1n) is 7.55. The average Bonchev–Trinajstić information content (AvgIpc) is 3.18. The molecule has 2 heterocycles. The molecule has 1 aliphatic rings. The van der Waals surface area contributed by atoms with Gasteiger partial charge in [0, 0.05) is 17.7 Å². The van der Waals surface area contributed by atoms with Crippen molar-refractivity contribution >= 4 is 11.8 Å². The van der Waals surface area contributed by atoms with Crippen LogP contribution in [0.4, 0.5) is 10.6 Å². The minimum atomic E-state index is -0.567. The van der Waals surface area contributed by atoms with E-state index in [9.17, 15) is 4.79 Å². The van der Waals surface area contributed by atoms with Crippen LogP contribution in [0.15, 0.2) is 54.6 Å². The maximum Gasteiger partial charge on any atom is 0.341 e. The predicted octanol–water partition coefficient (Wildman–Crippen LogP) is 3.11. The Labute approximate surface area is 133 Å². The third-order valence-corrected chi connectivity index (χ3v) is 4.13. The van der Waals surface area contributed by atoms with Gasteiger partial charge in [-0.15, -0.1) is 0 Å². The van der Waals surface area contributed by atoms with E-state index in [1.54, 1.807) is 0 Å². The Morgan fingerprint density at radius 1 is 1.00 bits per heavy atom. The van der Waals surface area contributed by atoms with E-state index < -0.39 is 6.03 Å². The van der Waals surface area contributed by atoms with Gasteiger partial charge in [-0.05, 0) is 17.5 Å². The maximum absolute atomic E-state index is 11.5. The molecule has 1 aliphatic heterocycles. The van der Waals surface area contributed by atoms with Gasteiger partial charge < -0.3 is 11.1 Å². The van der Waals surface area contributed by atoms with E-state index >= 15 is 0 Å². The van der Waals surface area contributed by atoms with Gasteiger partial charge in [-0.3, -0.25) is 0 Å². The summed E-state index contributed by atoms with van der Waals surface area (Å²) in [5.41, 5.74) is 10.6. The number of rotatable bonds is 2. The number of primary amides is 1. The Morgan fingerprint density at radius 2 is 1.65 bits per heavy atom. The van der Waals surface area contributed by atoms with E-state index in [0.29, 0.717) is 0 Å². The van der Waals surface area contributed by atoms with Crippen LogP contribution in [-0.2, 0) is 6.42 Å². The zero-order valence-corrected chi connectivity index (χ0v) is 12.5. The second-order valence-electron chi connectivity index (χ2n) is 5.55. The van der Waals surface area contributed by atoms with Gasteiger partial charge in [0.1, 0.15) is 5.82 Å². The minimum Gasteiger partial charge on any atom is -0.369 e. The molecule has 0 saturated carbocycles. The van der Waals surface area contributed by atoms with Crippen molar-refractivity contribution in [1.29, 1.82) is 0 Å². The second kappa shape index (κ2) is 5.28. The quantitative estimate of drug-likeness (QED) is 0.764. The van der Waals surface area contributed by atoms with Crippen LogP contribution in [0.2, 0.25) is 0 Å². The Morgan fingerprint density at radius 3 is 2.35 bits per heavy atom. The zero-order valence-electron chi connectivity index (χ0n) is 12.5. The van der Waals surface area contributed by atoms with Gasteiger partial charge in [0.15, 0.2) is 0 Å². The number of carbonyl (C=O) groups excluding carboxylic acids is 1. The van der Waals surface area contributed by atoms with E-state index in [1.807, 2.05) is 30.3 Å². The van der Waals surface area contributed by atoms with Crippen LogP contribution in [0.3, 0.4) is 0 Å². The van der Waals surface area contributed by atoms with Gasteiger partial charge in [0.05, 0.1) is 5.69 Å². The van der Waals surface area contributed by atoms with Gasteiger partial charge in [0.25, 0.3) is 0 Å². The molecule has 0 atom stereocenters. The molecule has 0 aliphatic carbocycles. The fourth-order valence-electron chi connectivity index (χ4n) is 3.02. The molecule has 2 aromatic carbocycles. The lowest BCUT2D eigenvalue weighted by atomic mass is 10.0. The summed E-state index contributed by atoms with van der Waals surface area (Å²) in [7, 11) is 0. The number of amides is 1. The standard InChI is InChI=1S/C18H16N4O/c19-18(23)22-17-15(10-11-20-17)16(21-22)14-8-6-13(7-9-14)12-4-2-1-3-5-12/h1-9,20H,10-11H2,(H2,19,23). The molecule has 0 spiro atoms. The van der Waals surface area contributed by atoms with Gasteiger partial charge in [-0.2, -0.15) is 9.78 Å². The van der Waals surface area contributed by atoms with Crippen molar-refractivity contribution in [2.45, 2.75) is 6.42 Å². The number of nitrogens with two attached hydrogens (primary N) is 1. The molecule has 23 heavy (non-hydrogen) atoms. The Bertz CT molecular complexity index is 866. The van der Waals surface area contributed by atoms with Crippen LogP contribution in [0.25, 0.3) is 22.4 Å². The fourth-order valence-corrected chi connectivity index (χ4v) is 3.02. The molecule has 3 N–H and O–H groups in total. The first kappa shape index (κ1) is 13.6. The lowest BCUT2D eigenvalue weighted by Crippen LogP contribution is -2.22. The van der Waals surface area contributed by atoms with Gasteiger partial charge >= 0.3 is 6.03 Å². The van der Waals surface area contributed by atoms with Crippen LogP contribution >= 0.6 is 0 Å². The normalized spacial score (nSPS) is 12.7. The number of carbonyl (C=O) groups is 1. The largest absolute Gasteiger partial charge is 0.369 e. The second-order valence-corrected chi connectivity index (χ2v) is 5.55. The molecule has 4 rings (SSSR count). The molecule has 0 radical (unpaired) electrons. The topological polar surface area (TPSA) is 72.9 Å². The van der Waals surface area contributed by atoms with Crippen molar-refractivity contribution < 1.29 is 4.79 Å². The SMILES string of the molecule is NC(=O)n1nc(-c2ccc(-c3ccccc3)cc2)c2c1NCC2. The van der Waals surface area contributed by atoms with Crippen molar-refractivity contribution in [2.24, 2.45) is 5.73 Å².